The van der Waals surface area contributed by atoms with Crippen LogP contribution in [0.1, 0.15) is 32.6 Å². The second-order valence-electron chi connectivity index (χ2n) is 5.08. The summed E-state index contributed by atoms with van der Waals surface area (Å²) in [6.07, 6.45) is 4.33. The number of hydrogen-bond donors (Lipinski definition) is 2. The van der Waals surface area contributed by atoms with Gasteiger partial charge in [0, 0.05) is 0 Å². The minimum absolute atomic E-state index is 0.185. The first-order valence-electron chi connectivity index (χ1n) is 7.28. The Kier molecular flexibility index (Phi) is 7.64. The second-order valence-corrected chi connectivity index (χ2v) is 7.11. The molecular weight excluding hydrogens is 288 g/mol. The molecule has 0 radical (unpaired) electrons. The molecule has 4 nitrogen and oxygen atoms in total. The Morgan fingerprint density at radius 2 is 1.81 bits per heavy atom. The van der Waals surface area contributed by atoms with Gasteiger partial charge in [0.15, 0.2) is 9.84 Å². The molecule has 0 aromatic heterocycles. The molecule has 0 unspecified atom stereocenters. The van der Waals surface area contributed by atoms with Gasteiger partial charge in [-0.2, -0.15) is 0 Å². The number of sulfone groups is 1. The van der Waals surface area contributed by atoms with Crippen LogP contribution in [0.4, 0.5) is 0 Å². The predicted octanol–water partition coefficient (Wildman–Crippen LogP) is 2.32. The van der Waals surface area contributed by atoms with E-state index in [1.807, 2.05) is 0 Å². The Morgan fingerprint density at radius 1 is 1.14 bits per heavy atom. The Morgan fingerprint density at radius 3 is 2.43 bits per heavy atom. The summed E-state index contributed by atoms with van der Waals surface area (Å²) >= 11 is 0. The summed E-state index contributed by atoms with van der Waals surface area (Å²) in [5, 5.41) is 19.5. The van der Waals surface area contributed by atoms with E-state index in [1.54, 1.807) is 30.3 Å². The standard InChI is InChI=1S/C16H24O4S/c1-2-3-5-11-15(17)16(18)12-8-13-21(19,20)14-9-6-4-7-10-14/h4,6-10,12,15-18H,2-3,5,11,13H2,1H3/b12-8+/t15-,16-/m0/s1. The summed E-state index contributed by atoms with van der Waals surface area (Å²) in [5.41, 5.74) is 0. The van der Waals surface area contributed by atoms with Gasteiger partial charge in [0.25, 0.3) is 0 Å². The number of benzene rings is 1. The molecule has 0 amide bonds. The Labute approximate surface area is 127 Å². The Bertz CT molecular complexity index is 522. The first kappa shape index (κ1) is 17.9. The second kappa shape index (κ2) is 8.97. The average molecular weight is 312 g/mol. The molecule has 0 spiro atoms. The van der Waals surface area contributed by atoms with Crippen LogP contribution in [0.15, 0.2) is 47.4 Å². The van der Waals surface area contributed by atoms with Crippen molar-refractivity contribution in [2.24, 2.45) is 0 Å². The molecule has 21 heavy (non-hydrogen) atoms. The lowest BCUT2D eigenvalue weighted by molar-refractivity contribution is 0.0415. The van der Waals surface area contributed by atoms with E-state index in [9.17, 15) is 18.6 Å². The normalized spacial score (nSPS) is 15.2. The number of aliphatic hydroxyl groups excluding tert-OH is 2. The summed E-state index contributed by atoms with van der Waals surface area (Å²) in [4.78, 5) is 0.257. The van der Waals surface area contributed by atoms with E-state index in [0.29, 0.717) is 6.42 Å². The lowest BCUT2D eigenvalue weighted by atomic mass is 10.1. The maximum atomic E-state index is 12.0. The highest BCUT2D eigenvalue weighted by Crippen LogP contribution is 2.11. The lowest BCUT2D eigenvalue weighted by Crippen LogP contribution is -2.23. The van der Waals surface area contributed by atoms with E-state index >= 15 is 0 Å². The largest absolute Gasteiger partial charge is 0.390 e. The van der Waals surface area contributed by atoms with Gasteiger partial charge in [0.05, 0.1) is 22.9 Å². The van der Waals surface area contributed by atoms with Gasteiger partial charge >= 0.3 is 0 Å². The highest BCUT2D eigenvalue weighted by atomic mass is 32.2. The molecule has 1 aromatic carbocycles. The third kappa shape index (κ3) is 6.42. The van der Waals surface area contributed by atoms with Crippen molar-refractivity contribution < 1.29 is 18.6 Å². The molecule has 0 saturated heterocycles. The van der Waals surface area contributed by atoms with Gasteiger partial charge in [-0.15, -0.1) is 0 Å². The van der Waals surface area contributed by atoms with E-state index in [2.05, 4.69) is 6.92 Å². The van der Waals surface area contributed by atoms with Crippen molar-refractivity contribution in [2.75, 3.05) is 5.75 Å². The van der Waals surface area contributed by atoms with Crippen LogP contribution in [0.25, 0.3) is 0 Å². The molecule has 0 heterocycles. The summed E-state index contributed by atoms with van der Waals surface area (Å²) in [6.45, 7) is 2.07. The molecule has 0 fully saturated rings. The third-order valence-electron chi connectivity index (χ3n) is 3.25. The SMILES string of the molecule is CCCCC[C@H](O)[C@@H](O)/C=C/CS(=O)(=O)c1ccccc1. The molecule has 118 valence electrons. The van der Waals surface area contributed by atoms with Gasteiger partial charge in [-0.25, -0.2) is 8.42 Å². The molecule has 1 aromatic rings. The van der Waals surface area contributed by atoms with Gasteiger partial charge in [-0.3, -0.25) is 0 Å². The topological polar surface area (TPSA) is 74.6 Å². The third-order valence-corrected chi connectivity index (χ3v) is 4.87. The molecule has 0 aliphatic rings. The Balaban J connectivity index is 2.50. The highest BCUT2D eigenvalue weighted by Gasteiger charge is 2.14. The van der Waals surface area contributed by atoms with Crippen LogP contribution >= 0.6 is 0 Å². The van der Waals surface area contributed by atoms with Crippen LogP contribution in [-0.2, 0) is 9.84 Å². The smallest absolute Gasteiger partial charge is 0.181 e. The summed E-state index contributed by atoms with van der Waals surface area (Å²) in [7, 11) is -3.38. The Hall–Kier alpha value is -1.17. The molecule has 1 rings (SSSR count). The molecule has 0 aliphatic heterocycles. The molecule has 0 bridgehead atoms. The highest BCUT2D eigenvalue weighted by molar-refractivity contribution is 7.91. The fourth-order valence-corrected chi connectivity index (χ4v) is 3.08. The van der Waals surface area contributed by atoms with Crippen LogP contribution in [0.5, 0.6) is 0 Å². The molecule has 5 heteroatoms. The van der Waals surface area contributed by atoms with Crippen LogP contribution < -0.4 is 0 Å². The monoisotopic (exact) mass is 312 g/mol. The summed E-state index contributed by atoms with van der Waals surface area (Å²) in [5.74, 6) is -0.185. The van der Waals surface area contributed by atoms with Crippen molar-refractivity contribution in [3.8, 4) is 0 Å². The zero-order chi connectivity index (χ0) is 15.7. The van der Waals surface area contributed by atoms with Crippen molar-refractivity contribution in [2.45, 2.75) is 49.7 Å². The van der Waals surface area contributed by atoms with E-state index in [4.69, 9.17) is 0 Å². The van der Waals surface area contributed by atoms with E-state index in [1.165, 1.54) is 12.2 Å². The number of rotatable bonds is 9. The molecule has 0 saturated carbocycles. The van der Waals surface area contributed by atoms with Gasteiger partial charge in [-0.1, -0.05) is 56.5 Å². The zero-order valence-corrected chi connectivity index (χ0v) is 13.2. The van der Waals surface area contributed by atoms with Crippen LogP contribution in [-0.4, -0.2) is 36.6 Å². The minimum atomic E-state index is -3.38. The molecule has 2 N–H and O–H groups in total. The van der Waals surface area contributed by atoms with Crippen molar-refractivity contribution in [3.63, 3.8) is 0 Å². The summed E-state index contributed by atoms with van der Waals surface area (Å²) in [6, 6.07) is 8.18. The summed E-state index contributed by atoms with van der Waals surface area (Å²) < 4.78 is 24.0. The van der Waals surface area contributed by atoms with Gasteiger partial charge in [0.2, 0.25) is 0 Å². The van der Waals surface area contributed by atoms with E-state index < -0.39 is 22.0 Å². The molecular formula is C16H24O4S. The van der Waals surface area contributed by atoms with Crippen molar-refractivity contribution >= 4 is 9.84 Å². The number of aliphatic hydroxyl groups is 2. The lowest BCUT2D eigenvalue weighted by Gasteiger charge is -2.14. The van der Waals surface area contributed by atoms with Gasteiger partial charge in [0.1, 0.15) is 0 Å². The predicted molar refractivity (Wildman–Crippen MR) is 83.8 cm³/mol. The van der Waals surface area contributed by atoms with E-state index in [0.717, 1.165) is 19.3 Å². The zero-order valence-electron chi connectivity index (χ0n) is 12.4. The first-order chi connectivity index (χ1) is 9.97. The van der Waals surface area contributed by atoms with Gasteiger partial charge < -0.3 is 10.2 Å². The maximum absolute atomic E-state index is 12.0. The number of hydrogen-bond acceptors (Lipinski definition) is 4. The fourth-order valence-electron chi connectivity index (χ4n) is 1.95. The van der Waals surface area contributed by atoms with Crippen molar-refractivity contribution in [1.29, 1.82) is 0 Å². The molecule has 0 aliphatic carbocycles. The van der Waals surface area contributed by atoms with Crippen molar-refractivity contribution in [1.82, 2.24) is 0 Å². The average Bonchev–Trinajstić information content (AvgIpc) is 2.48. The van der Waals surface area contributed by atoms with Gasteiger partial charge in [-0.05, 0) is 18.6 Å². The molecule has 2 atom stereocenters. The van der Waals surface area contributed by atoms with E-state index in [-0.39, 0.29) is 10.6 Å². The van der Waals surface area contributed by atoms with Crippen molar-refractivity contribution in [3.05, 3.63) is 42.5 Å². The first-order valence-corrected chi connectivity index (χ1v) is 8.93. The quantitative estimate of drug-likeness (QED) is 0.542. The van der Waals surface area contributed by atoms with Crippen LogP contribution in [0.3, 0.4) is 0 Å². The van der Waals surface area contributed by atoms with Crippen LogP contribution in [0, 0.1) is 0 Å². The van der Waals surface area contributed by atoms with Crippen LogP contribution in [0.2, 0.25) is 0 Å². The maximum Gasteiger partial charge on any atom is 0.181 e. The number of unbranched alkanes of at least 4 members (excludes halogenated alkanes) is 2. The minimum Gasteiger partial charge on any atom is -0.390 e. The fraction of sp³-hybridized carbons (Fsp3) is 0.500.